The Kier molecular flexibility index (Phi) is 5.72. The highest BCUT2D eigenvalue weighted by Gasteiger charge is 2.10. The summed E-state index contributed by atoms with van der Waals surface area (Å²) in [5, 5.41) is 8.49. The SMILES string of the molecule is C=C(C)C(=O)OC(C)O.O=C1C=CC(=O)O1. The van der Waals surface area contributed by atoms with Crippen molar-refractivity contribution >= 4 is 17.9 Å². The van der Waals surface area contributed by atoms with Gasteiger partial charge in [0.15, 0.2) is 6.29 Å². The van der Waals surface area contributed by atoms with Crippen molar-refractivity contribution in [3.05, 3.63) is 24.3 Å². The molecule has 0 saturated heterocycles. The van der Waals surface area contributed by atoms with Gasteiger partial charge in [0.1, 0.15) is 0 Å². The molecule has 1 aliphatic heterocycles. The fraction of sp³-hybridized carbons (Fsp3) is 0.300. The van der Waals surface area contributed by atoms with Gasteiger partial charge in [0.05, 0.1) is 0 Å². The molecule has 0 aromatic carbocycles. The Morgan fingerprint density at radius 2 is 1.88 bits per heavy atom. The molecule has 1 atom stereocenters. The maximum Gasteiger partial charge on any atom is 0.338 e. The molecule has 1 rings (SSSR count). The molecule has 0 amide bonds. The van der Waals surface area contributed by atoms with E-state index in [0.717, 1.165) is 12.2 Å². The number of ether oxygens (including phenoxy) is 2. The highest BCUT2D eigenvalue weighted by molar-refractivity contribution is 6.04. The van der Waals surface area contributed by atoms with Crippen molar-refractivity contribution < 1.29 is 29.0 Å². The summed E-state index contributed by atoms with van der Waals surface area (Å²) < 4.78 is 8.30. The molecule has 1 heterocycles. The number of esters is 3. The average molecular weight is 228 g/mol. The van der Waals surface area contributed by atoms with Crippen LogP contribution in [0.3, 0.4) is 0 Å². The van der Waals surface area contributed by atoms with E-state index < -0.39 is 24.2 Å². The molecule has 6 heteroatoms. The van der Waals surface area contributed by atoms with Gasteiger partial charge in [-0.25, -0.2) is 14.4 Å². The van der Waals surface area contributed by atoms with E-state index in [1.165, 1.54) is 13.8 Å². The first-order chi connectivity index (χ1) is 7.32. The molecule has 16 heavy (non-hydrogen) atoms. The van der Waals surface area contributed by atoms with Gasteiger partial charge in [0.25, 0.3) is 0 Å². The summed E-state index contributed by atoms with van der Waals surface area (Å²) in [6.07, 6.45) is 1.12. The number of carbonyl (C=O) groups is 3. The Morgan fingerprint density at radius 1 is 1.44 bits per heavy atom. The summed E-state index contributed by atoms with van der Waals surface area (Å²) in [5.74, 6) is -1.72. The van der Waals surface area contributed by atoms with Gasteiger partial charge in [0.2, 0.25) is 0 Å². The Labute approximate surface area is 92.2 Å². The fourth-order valence-electron chi connectivity index (χ4n) is 0.559. The lowest BCUT2D eigenvalue weighted by atomic mass is 10.4. The van der Waals surface area contributed by atoms with Crippen LogP contribution in [0, 0.1) is 0 Å². The van der Waals surface area contributed by atoms with Crippen molar-refractivity contribution in [2.45, 2.75) is 20.1 Å². The van der Waals surface area contributed by atoms with Crippen LogP contribution in [0.15, 0.2) is 24.3 Å². The van der Waals surface area contributed by atoms with Crippen molar-refractivity contribution in [2.24, 2.45) is 0 Å². The van der Waals surface area contributed by atoms with Crippen LogP contribution in [0.2, 0.25) is 0 Å². The highest BCUT2D eigenvalue weighted by atomic mass is 16.6. The van der Waals surface area contributed by atoms with E-state index in [9.17, 15) is 14.4 Å². The monoisotopic (exact) mass is 228 g/mol. The largest absolute Gasteiger partial charge is 0.433 e. The number of aliphatic hydroxyl groups excluding tert-OH is 1. The van der Waals surface area contributed by atoms with Crippen LogP contribution >= 0.6 is 0 Å². The molecule has 0 saturated carbocycles. The predicted molar refractivity (Wildman–Crippen MR) is 52.8 cm³/mol. The van der Waals surface area contributed by atoms with E-state index >= 15 is 0 Å². The summed E-state index contributed by atoms with van der Waals surface area (Å²) >= 11 is 0. The molecule has 0 aromatic rings. The summed E-state index contributed by atoms with van der Waals surface area (Å²) in [6.45, 7) is 6.20. The van der Waals surface area contributed by atoms with E-state index in [1.54, 1.807) is 0 Å². The number of hydrogen-bond donors (Lipinski definition) is 1. The molecular weight excluding hydrogens is 216 g/mol. The molecule has 6 nitrogen and oxygen atoms in total. The summed E-state index contributed by atoms with van der Waals surface area (Å²) in [7, 11) is 0. The predicted octanol–water partition coefficient (Wildman–Crippen LogP) is 0.0700. The van der Waals surface area contributed by atoms with Crippen molar-refractivity contribution in [1.29, 1.82) is 0 Å². The molecule has 0 aromatic heterocycles. The van der Waals surface area contributed by atoms with Gasteiger partial charge < -0.3 is 14.6 Å². The summed E-state index contributed by atoms with van der Waals surface area (Å²) in [5.41, 5.74) is 0.288. The first-order valence-electron chi connectivity index (χ1n) is 4.31. The fourth-order valence-corrected chi connectivity index (χ4v) is 0.559. The lowest BCUT2D eigenvalue weighted by Crippen LogP contribution is -2.13. The van der Waals surface area contributed by atoms with Crippen LogP contribution in [0.4, 0.5) is 0 Å². The normalized spacial score (nSPS) is 14.7. The maximum atomic E-state index is 10.5. The van der Waals surface area contributed by atoms with E-state index in [4.69, 9.17) is 5.11 Å². The molecule has 0 aliphatic carbocycles. The zero-order chi connectivity index (χ0) is 12.7. The molecule has 88 valence electrons. The van der Waals surface area contributed by atoms with Gasteiger partial charge in [-0.15, -0.1) is 0 Å². The van der Waals surface area contributed by atoms with Gasteiger partial charge in [0, 0.05) is 17.7 Å². The first kappa shape index (κ1) is 14.1. The van der Waals surface area contributed by atoms with Gasteiger partial charge in [-0.05, 0) is 13.8 Å². The van der Waals surface area contributed by atoms with Gasteiger partial charge in [-0.2, -0.15) is 0 Å². The molecule has 0 bridgehead atoms. The quantitative estimate of drug-likeness (QED) is 0.311. The smallest absolute Gasteiger partial charge is 0.338 e. The number of rotatable bonds is 2. The summed E-state index contributed by atoms with van der Waals surface area (Å²) in [4.78, 5) is 30.3. The average Bonchev–Trinajstić information content (AvgIpc) is 2.49. The number of hydrogen-bond acceptors (Lipinski definition) is 6. The van der Waals surface area contributed by atoms with Crippen LogP contribution in [0.25, 0.3) is 0 Å². The molecule has 1 N–H and O–H groups in total. The topological polar surface area (TPSA) is 89.9 Å². The van der Waals surface area contributed by atoms with Crippen LogP contribution in [-0.2, 0) is 23.9 Å². The molecular formula is C10H12O6. The Morgan fingerprint density at radius 3 is 2.00 bits per heavy atom. The number of cyclic esters (lactones) is 2. The minimum atomic E-state index is -1.05. The van der Waals surface area contributed by atoms with E-state index in [1.807, 2.05) is 0 Å². The van der Waals surface area contributed by atoms with E-state index in [0.29, 0.717) is 0 Å². The molecule has 1 aliphatic rings. The highest BCUT2D eigenvalue weighted by Crippen LogP contribution is 1.94. The number of aliphatic hydroxyl groups is 1. The second-order valence-electron chi connectivity index (χ2n) is 2.86. The zero-order valence-electron chi connectivity index (χ0n) is 8.93. The second kappa shape index (κ2) is 6.52. The molecule has 0 spiro atoms. The molecule has 0 radical (unpaired) electrons. The van der Waals surface area contributed by atoms with Crippen LogP contribution in [0.1, 0.15) is 13.8 Å². The lowest BCUT2D eigenvalue weighted by molar-refractivity contribution is -0.159. The minimum Gasteiger partial charge on any atom is -0.433 e. The Balaban J connectivity index is 0.000000288. The van der Waals surface area contributed by atoms with Crippen LogP contribution in [0.5, 0.6) is 0 Å². The lowest BCUT2D eigenvalue weighted by Gasteiger charge is -2.04. The third-order valence-corrected chi connectivity index (χ3v) is 1.18. The standard InChI is InChI=1S/C6H10O3.C4H2O3/c1-4(2)6(8)9-5(3)7;5-3-1-2-4(6)7-3/h5,7H,1H2,2-3H3;1-2H. The Bertz CT molecular complexity index is 323. The maximum absolute atomic E-state index is 10.5. The van der Waals surface area contributed by atoms with E-state index in [2.05, 4.69) is 16.1 Å². The van der Waals surface area contributed by atoms with Gasteiger partial charge in [-0.3, -0.25) is 0 Å². The molecule has 0 fully saturated rings. The molecule has 1 unspecified atom stereocenters. The van der Waals surface area contributed by atoms with Crippen molar-refractivity contribution in [3.63, 3.8) is 0 Å². The minimum absolute atomic E-state index is 0.288. The van der Waals surface area contributed by atoms with Gasteiger partial charge >= 0.3 is 17.9 Å². The second-order valence-corrected chi connectivity index (χ2v) is 2.86. The number of carbonyl (C=O) groups excluding carboxylic acids is 3. The van der Waals surface area contributed by atoms with Crippen LogP contribution in [-0.4, -0.2) is 29.3 Å². The Hall–Kier alpha value is -1.95. The third-order valence-electron chi connectivity index (χ3n) is 1.18. The van der Waals surface area contributed by atoms with Gasteiger partial charge in [-0.1, -0.05) is 6.58 Å². The zero-order valence-corrected chi connectivity index (χ0v) is 8.93. The van der Waals surface area contributed by atoms with Crippen molar-refractivity contribution in [1.82, 2.24) is 0 Å². The van der Waals surface area contributed by atoms with Crippen molar-refractivity contribution in [3.8, 4) is 0 Å². The van der Waals surface area contributed by atoms with Crippen LogP contribution < -0.4 is 0 Å². The first-order valence-corrected chi connectivity index (χ1v) is 4.31. The third kappa shape index (κ3) is 6.50. The summed E-state index contributed by atoms with van der Waals surface area (Å²) in [6, 6.07) is 0. The van der Waals surface area contributed by atoms with Crippen molar-refractivity contribution in [2.75, 3.05) is 0 Å². The van der Waals surface area contributed by atoms with E-state index in [-0.39, 0.29) is 5.57 Å².